The standard InChI is InChI=1S/C35H49N7/c1-10-23(4)25(6)13-14-26(7)39-31-19-27(15-18-38-31)33-40-29-21-37-20-28(24(5)11-2)32(29)34(41-33)42(12-3)30-16-17-36-22-35(30,8)9/h13-15,18-21,23-24,30,36H,6-7,10-12,16-17,22H2,1-5,8-9H3,(H,38,39)/b14-13-. The van der Waals surface area contributed by atoms with E-state index in [2.05, 4.69) is 87.1 Å². The van der Waals surface area contributed by atoms with Crippen LogP contribution in [0.5, 0.6) is 0 Å². The normalized spacial score (nSPS) is 18.1. The van der Waals surface area contributed by atoms with E-state index >= 15 is 0 Å². The molecule has 42 heavy (non-hydrogen) atoms. The zero-order valence-corrected chi connectivity index (χ0v) is 26.7. The summed E-state index contributed by atoms with van der Waals surface area (Å²) in [6.45, 7) is 27.0. The first kappa shape index (κ1) is 31.4. The first-order valence-corrected chi connectivity index (χ1v) is 15.5. The molecular weight excluding hydrogens is 518 g/mol. The van der Waals surface area contributed by atoms with Gasteiger partial charge >= 0.3 is 0 Å². The molecule has 4 rings (SSSR count). The van der Waals surface area contributed by atoms with Gasteiger partial charge in [0.1, 0.15) is 11.6 Å². The second-order valence-electron chi connectivity index (χ2n) is 12.4. The first-order chi connectivity index (χ1) is 20.1. The summed E-state index contributed by atoms with van der Waals surface area (Å²) in [6, 6.07) is 4.31. The molecular formula is C35H49N7. The van der Waals surface area contributed by atoms with Crippen molar-refractivity contribution in [1.29, 1.82) is 0 Å². The van der Waals surface area contributed by atoms with Crippen LogP contribution < -0.4 is 15.5 Å². The topological polar surface area (TPSA) is 78.9 Å². The van der Waals surface area contributed by atoms with Gasteiger partial charge in [0.2, 0.25) is 0 Å². The lowest BCUT2D eigenvalue weighted by atomic mass is 9.79. The summed E-state index contributed by atoms with van der Waals surface area (Å²) in [6.07, 6.45) is 12.8. The largest absolute Gasteiger partial charge is 0.353 e. The molecule has 1 fully saturated rings. The molecule has 3 atom stereocenters. The Morgan fingerprint density at radius 1 is 1.14 bits per heavy atom. The van der Waals surface area contributed by atoms with E-state index in [0.29, 0.717) is 29.5 Å². The van der Waals surface area contributed by atoms with E-state index in [9.17, 15) is 0 Å². The predicted octanol–water partition coefficient (Wildman–Crippen LogP) is 7.90. The van der Waals surface area contributed by atoms with Crippen molar-refractivity contribution in [2.45, 2.75) is 79.7 Å². The fourth-order valence-corrected chi connectivity index (χ4v) is 5.75. The molecule has 3 unspecified atom stereocenters. The average Bonchev–Trinajstić information content (AvgIpc) is 2.99. The maximum absolute atomic E-state index is 5.33. The minimum Gasteiger partial charge on any atom is -0.353 e. The molecule has 7 nitrogen and oxygen atoms in total. The number of allylic oxidation sites excluding steroid dienone is 3. The zero-order valence-electron chi connectivity index (χ0n) is 26.7. The van der Waals surface area contributed by atoms with Gasteiger partial charge in [0.05, 0.1) is 11.7 Å². The molecule has 0 aromatic carbocycles. The van der Waals surface area contributed by atoms with Crippen LogP contribution in [0.3, 0.4) is 0 Å². The molecule has 0 amide bonds. The maximum atomic E-state index is 5.33. The number of nitrogens with zero attached hydrogens (tertiary/aromatic N) is 5. The molecule has 1 aliphatic rings. The van der Waals surface area contributed by atoms with Crippen LogP contribution in [0.1, 0.15) is 79.2 Å². The Kier molecular flexibility index (Phi) is 10.2. The fraction of sp³-hybridized carbons (Fsp3) is 0.486. The van der Waals surface area contributed by atoms with Gasteiger partial charge in [0, 0.05) is 48.2 Å². The summed E-state index contributed by atoms with van der Waals surface area (Å²) >= 11 is 0. The molecule has 0 spiro atoms. The molecule has 224 valence electrons. The number of nitrogens with one attached hydrogen (secondary N) is 2. The molecule has 0 saturated carbocycles. The fourth-order valence-electron chi connectivity index (χ4n) is 5.75. The van der Waals surface area contributed by atoms with E-state index in [4.69, 9.17) is 9.97 Å². The maximum Gasteiger partial charge on any atom is 0.162 e. The summed E-state index contributed by atoms with van der Waals surface area (Å²) in [5.41, 5.74) is 4.91. The summed E-state index contributed by atoms with van der Waals surface area (Å²) in [4.78, 5) is 22.1. The number of aromatic nitrogens is 4. The van der Waals surface area contributed by atoms with Crippen molar-refractivity contribution in [3.8, 4) is 11.4 Å². The molecule has 0 aliphatic carbocycles. The minimum absolute atomic E-state index is 0.0944. The molecule has 0 bridgehead atoms. The van der Waals surface area contributed by atoms with Crippen molar-refractivity contribution in [2.75, 3.05) is 29.9 Å². The Labute approximate surface area is 252 Å². The number of hydrogen-bond acceptors (Lipinski definition) is 7. The van der Waals surface area contributed by atoms with Crippen LogP contribution in [0, 0.1) is 11.3 Å². The van der Waals surface area contributed by atoms with Crippen LogP contribution >= 0.6 is 0 Å². The highest BCUT2D eigenvalue weighted by Crippen LogP contribution is 2.39. The molecule has 3 aromatic rings. The Morgan fingerprint density at radius 2 is 1.93 bits per heavy atom. The molecule has 3 aromatic heterocycles. The van der Waals surface area contributed by atoms with Gasteiger partial charge < -0.3 is 15.5 Å². The second-order valence-corrected chi connectivity index (χ2v) is 12.4. The van der Waals surface area contributed by atoms with Gasteiger partial charge in [-0.1, -0.05) is 66.3 Å². The molecule has 1 aliphatic heterocycles. The van der Waals surface area contributed by atoms with Gasteiger partial charge in [0.15, 0.2) is 5.82 Å². The monoisotopic (exact) mass is 567 g/mol. The van der Waals surface area contributed by atoms with E-state index in [0.717, 1.165) is 72.5 Å². The van der Waals surface area contributed by atoms with Crippen LogP contribution in [0.2, 0.25) is 0 Å². The van der Waals surface area contributed by atoms with Gasteiger partial charge in [-0.15, -0.1) is 0 Å². The third kappa shape index (κ3) is 6.89. The van der Waals surface area contributed by atoms with E-state index in [-0.39, 0.29) is 5.41 Å². The lowest BCUT2D eigenvalue weighted by Crippen LogP contribution is -2.55. The van der Waals surface area contributed by atoms with Crippen LogP contribution in [-0.2, 0) is 0 Å². The first-order valence-electron chi connectivity index (χ1n) is 15.5. The van der Waals surface area contributed by atoms with Gasteiger partial charge in [0.25, 0.3) is 0 Å². The van der Waals surface area contributed by atoms with E-state index in [1.54, 1.807) is 6.20 Å². The lowest BCUT2D eigenvalue weighted by Gasteiger charge is -2.46. The third-order valence-electron chi connectivity index (χ3n) is 8.88. The van der Waals surface area contributed by atoms with Crippen molar-refractivity contribution in [3.63, 3.8) is 0 Å². The molecule has 0 radical (unpaired) electrons. The zero-order chi connectivity index (χ0) is 30.4. The molecule has 1 saturated heterocycles. The number of hydrogen-bond donors (Lipinski definition) is 2. The number of rotatable bonds is 12. The quantitative estimate of drug-likeness (QED) is 0.215. The molecule has 2 N–H and O–H groups in total. The van der Waals surface area contributed by atoms with Crippen molar-refractivity contribution in [2.24, 2.45) is 11.3 Å². The third-order valence-corrected chi connectivity index (χ3v) is 8.88. The van der Waals surface area contributed by atoms with E-state index in [1.807, 2.05) is 36.7 Å². The smallest absolute Gasteiger partial charge is 0.162 e. The molecule has 4 heterocycles. The lowest BCUT2D eigenvalue weighted by molar-refractivity contribution is 0.211. The van der Waals surface area contributed by atoms with Gasteiger partial charge in [-0.3, -0.25) is 4.98 Å². The van der Waals surface area contributed by atoms with Crippen molar-refractivity contribution >= 4 is 22.5 Å². The number of pyridine rings is 2. The van der Waals surface area contributed by atoms with Crippen LogP contribution in [0.4, 0.5) is 11.6 Å². The highest BCUT2D eigenvalue weighted by atomic mass is 15.2. The Morgan fingerprint density at radius 3 is 2.62 bits per heavy atom. The Hall–Kier alpha value is -3.58. The SMILES string of the molecule is C=C(/C=C\C(=C)C(C)CC)Nc1cc(-c2nc(N(CC)C3CCNCC3(C)C)c3c(C(C)CC)cncc3n2)ccn1. The summed E-state index contributed by atoms with van der Waals surface area (Å²) < 4.78 is 0. The van der Waals surface area contributed by atoms with Gasteiger partial charge in [-0.2, -0.15) is 0 Å². The van der Waals surface area contributed by atoms with Crippen molar-refractivity contribution in [3.05, 3.63) is 72.9 Å². The van der Waals surface area contributed by atoms with Crippen molar-refractivity contribution in [1.82, 2.24) is 25.3 Å². The van der Waals surface area contributed by atoms with Gasteiger partial charge in [-0.05, 0) is 73.8 Å². The van der Waals surface area contributed by atoms with Crippen LogP contribution in [-0.4, -0.2) is 45.6 Å². The Bertz CT molecular complexity index is 1440. The number of fused-ring (bicyclic) bond motifs is 1. The van der Waals surface area contributed by atoms with Gasteiger partial charge in [-0.25, -0.2) is 15.0 Å². The number of piperidine rings is 1. The van der Waals surface area contributed by atoms with Crippen LogP contribution in [0.15, 0.2) is 67.3 Å². The highest BCUT2D eigenvalue weighted by molar-refractivity contribution is 5.94. The van der Waals surface area contributed by atoms with E-state index < -0.39 is 0 Å². The predicted molar refractivity (Wildman–Crippen MR) is 178 cm³/mol. The minimum atomic E-state index is 0.0944. The number of anilines is 2. The van der Waals surface area contributed by atoms with E-state index in [1.165, 1.54) is 5.56 Å². The van der Waals surface area contributed by atoms with Crippen molar-refractivity contribution < 1.29 is 0 Å². The van der Waals surface area contributed by atoms with Crippen LogP contribution in [0.25, 0.3) is 22.3 Å². The average molecular weight is 568 g/mol. The summed E-state index contributed by atoms with van der Waals surface area (Å²) in [7, 11) is 0. The second kappa shape index (κ2) is 13.6. The summed E-state index contributed by atoms with van der Waals surface area (Å²) in [5, 5.41) is 8.04. The Balaban J connectivity index is 1.78. The summed E-state index contributed by atoms with van der Waals surface area (Å²) in [5.74, 6) is 3.14. The highest BCUT2D eigenvalue weighted by Gasteiger charge is 2.37. The molecule has 7 heteroatoms.